The summed E-state index contributed by atoms with van der Waals surface area (Å²) >= 11 is 0. The number of anilines is 1. The third kappa shape index (κ3) is 3.44. The first-order valence-electron chi connectivity index (χ1n) is 5.81. The first kappa shape index (κ1) is 15.4. The Morgan fingerprint density at radius 3 is 2.40 bits per heavy atom. The van der Waals surface area contributed by atoms with E-state index in [9.17, 15) is 19.7 Å². The largest absolute Gasteiger partial charge is 0.477 e. The summed E-state index contributed by atoms with van der Waals surface area (Å²) in [6.45, 7) is 3.54. The molecule has 0 bridgehead atoms. The van der Waals surface area contributed by atoms with Crippen molar-refractivity contribution in [2.75, 3.05) is 5.32 Å². The Balaban J connectivity index is 3.15. The van der Waals surface area contributed by atoms with Gasteiger partial charge in [-0.2, -0.15) is 0 Å². The number of nitrogens with two attached hydrogens (primary N) is 1. The Bertz CT molecular complexity index is 556. The molecular weight excluding hydrogens is 266 g/mol. The Morgan fingerprint density at radius 1 is 1.40 bits per heavy atom. The lowest BCUT2D eigenvalue weighted by Crippen LogP contribution is -2.39. The van der Waals surface area contributed by atoms with E-state index in [1.165, 1.54) is 6.07 Å². The molecule has 20 heavy (non-hydrogen) atoms. The van der Waals surface area contributed by atoms with Crippen molar-refractivity contribution in [3.63, 3.8) is 0 Å². The second kappa shape index (κ2) is 6.00. The predicted molar refractivity (Wildman–Crippen MR) is 71.5 cm³/mol. The van der Waals surface area contributed by atoms with Gasteiger partial charge >= 0.3 is 5.97 Å². The highest BCUT2D eigenvalue weighted by Gasteiger charge is 2.23. The van der Waals surface area contributed by atoms with E-state index in [0.717, 1.165) is 12.1 Å². The minimum atomic E-state index is -1.42. The van der Waals surface area contributed by atoms with Gasteiger partial charge in [0.25, 0.3) is 5.69 Å². The van der Waals surface area contributed by atoms with Crippen molar-refractivity contribution in [1.29, 1.82) is 0 Å². The van der Waals surface area contributed by atoms with E-state index in [-0.39, 0.29) is 11.6 Å². The topological polar surface area (TPSA) is 136 Å². The molecule has 4 N–H and O–H groups in total. The van der Waals surface area contributed by atoms with Gasteiger partial charge in [0.1, 0.15) is 11.6 Å². The summed E-state index contributed by atoms with van der Waals surface area (Å²) in [6, 6.07) is 2.82. The van der Waals surface area contributed by atoms with Crippen molar-refractivity contribution in [3.8, 4) is 0 Å². The summed E-state index contributed by atoms with van der Waals surface area (Å²) in [4.78, 5) is 32.2. The second-order valence-corrected chi connectivity index (χ2v) is 4.56. The van der Waals surface area contributed by atoms with Crippen LogP contribution in [0, 0.1) is 16.0 Å². The average molecular weight is 281 g/mol. The van der Waals surface area contributed by atoms with Crippen LogP contribution in [0.15, 0.2) is 18.2 Å². The Labute approximate surface area is 114 Å². The molecule has 1 atom stereocenters. The second-order valence-electron chi connectivity index (χ2n) is 4.56. The third-order valence-corrected chi connectivity index (χ3v) is 2.72. The number of carboxylic acids is 1. The molecule has 0 saturated carbocycles. The Kier molecular flexibility index (Phi) is 4.63. The van der Waals surface area contributed by atoms with E-state index in [1.807, 2.05) is 0 Å². The SMILES string of the molecule is CC(C)C(Nc1ccc([N+](=O)[O-])c(C(=O)O)c1)C(N)=O. The number of benzene rings is 1. The first-order valence-corrected chi connectivity index (χ1v) is 5.81. The monoisotopic (exact) mass is 281 g/mol. The summed E-state index contributed by atoms with van der Waals surface area (Å²) in [5.74, 6) is -2.12. The van der Waals surface area contributed by atoms with Crippen LogP contribution in [0.1, 0.15) is 24.2 Å². The van der Waals surface area contributed by atoms with Gasteiger partial charge in [0.2, 0.25) is 5.91 Å². The van der Waals surface area contributed by atoms with Gasteiger partial charge in [0.05, 0.1) is 4.92 Å². The van der Waals surface area contributed by atoms with E-state index >= 15 is 0 Å². The molecule has 8 nitrogen and oxygen atoms in total. The lowest BCUT2D eigenvalue weighted by Gasteiger charge is -2.20. The molecule has 1 aromatic rings. The molecule has 0 fully saturated rings. The van der Waals surface area contributed by atoms with Crippen molar-refractivity contribution in [2.45, 2.75) is 19.9 Å². The van der Waals surface area contributed by atoms with Crippen LogP contribution in [0.25, 0.3) is 0 Å². The fourth-order valence-corrected chi connectivity index (χ4v) is 1.70. The zero-order valence-corrected chi connectivity index (χ0v) is 11.0. The van der Waals surface area contributed by atoms with Crippen LogP contribution >= 0.6 is 0 Å². The number of carbonyl (C=O) groups is 2. The standard InChI is InChI=1S/C12H15N3O5/c1-6(2)10(11(13)16)14-7-3-4-9(15(19)20)8(5-7)12(17)18/h3-6,10,14H,1-2H3,(H2,13,16)(H,17,18). The van der Waals surface area contributed by atoms with E-state index in [1.54, 1.807) is 13.8 Å². The summed E-state index contributed by atoms with van der Waals surface area (Å²) in [5.41, 5.74) is 4.56. The number of carbonyl (C=O) groups excluding carboxylic acids is 1. The molecule has 1 aromatic carbocycles. The lowest BCUT2D eigenvalue weighted by atomic mass is 10.0. The molecule has 0 heterocycles. The van der Waals surface area contributed by atoms with Crippen molar-refractivity contribution < 1.29 is 19.6 Å². The van der Waals surface area contributed by atoms with Crippen LogP contribution in [0.2, 0.25) is 0 Å². The fraction of sp³-hybridized carbons (Fsp3) is 0.333. The molecule has 108 valence electrons. The van der Waals surface area contributed by atoms with E-state index < -0.39 is 34.1 Å². The van der Waals surface area contributed by atoms with Crippen LogP contribution < -0.4 is 11.1 Å². The number of amides is 1. The number of nitrogens with zero attached hydrogens (tertiary/aromatic N) is 1. The third-order valence-electron chi connectivity index (χ3n) is 2.72. The maximum absolute atomic E-state index is 11.3. The van der Waals surface area contributed by atoms with Crippen molar-refractivity contribution in [2.24, 2.45) is 11.7 Å². The lowest BCUT2D eigenvalue weighted by molar-refractivity contribution is -0.385. The zero-order valence-electron chi connectivity index (χ0n) is 11.0. The minimum absolute atomic E-state index is 0.115. The first-order chi connectivity index (χ1) is 9.23. The Morgan fingerprint density at radius 2 is 2.00 bits per heavy atom. The molecule has 0 saturated heterocycles. The summed E-state index contributed by atoms with van der Waals surface area (Å²) in [6.07, 6.45) is 0. The number of aromatic carboxylic acids is 1. The smallest absolute Gasteiger partial charge is 0.342 e. The number of carboxylic acid groups (broad SMARTS) is 1. The normalized spacial score (nSPS) is 11.9. The molecule has 1 amide bonds. The number of nitro groups is 1. The van der Waals surface area contributed by atoms with Crippen LogP contribution in [-0.4, -0.2) is 27.9 Å². The van der Waals surface area contributed by atoms with Crippen molar-refractivity contribution >= 4 is 23.3 Å². The number of primary amides is 1. The molecule has 0 spiro atoms. The van der Waals surface area contributed by atoms with Crippen LogP contribution in [-0.2, 0) is 4.79 Å². The van der Waals surface area contributed by atoms with Gasteiger partial charge < -0.3 is 16.2 Å². The highest BCUT2D eigenvalue weighted by Crippen LogP contribution is 2.23. The van der Waals surface area contributed by atoms with Gasteiger partial charge in [0.15, 0.2) is 0 Å². The van der Waals surface area contributed by atoms with E-state index in [0.29, 0.717) is 0 Å². The number of rotatable bonds is 6. The van der Waals surface area contributed by atoms with Gasteiger partial charge in [-0.3, -0.25) is 14.9 Å². The number of nitrogens with one attached hydrogen (secondary N) is 1. The van der Waals surface area contributed by atoms with Crippen molar-refractivity contribution in [3.05, 3.63) is 33.9 Å². The highest BCUT2D eigenvalue weighted by atomic mass is 16.6. The molecule has 0 aliphatic carbocycles. The summed E-state index contributed by atoms with van der Waals surface area (Å²) < 4.78 is 0. The molecule has 0 aromatic heterocycles. The van der Waals surface area contributed by atoms with Gasteiger partial charge in [-0.15, -0.1) is 0 Å². The molecular formula is C12H15N3O5. The molecule has 0 aliphatic heterocycles. The quantitative estimate of drug-likeness (QED) is 0.529. The molecule has 1 rings (SSSR count). The minimum Gasteiger partial charge on any atom is -0.477 e. The molecule has 0 radical (unpaired) electrons. The van der Waals surface area contributed by atoms with Gasteiger partial charge in [0, 0.05) is 11.8 Å². The van der Waals surface area contributed by atoms with Gasteiger partial charge in [-0.05, 0) is 18.1 Å². The maximum Gasteiger partial charge on any atom is 0.342 e. The summed E-state index contributed by atoms with van der Waals surface area (Å²) in [5, 5.41) is 22.5. The van der Waals surface area contributed by atoms with Gasteiger partial charge in [-0.1, -0.05) is 13.8 Å². The van der Waals surface area contributed by atoms with Crippen LogP contribution in [0.4, 0.5) is 11.4 Å². The molecule has 8 heteroatoms. The predicted octanol–water partition coefficient (Wildman–Crippen LogP) is 1.21. The average Bonchev–Trinajstić information content (AvgIpc) is 2.34. The van der Waals surface area contributed by atoms with E-state index in [4.69, 9.17) is 10.8 Å². The fourth-order valence-electron chi connectivity index (χ4n) is 1.70. The van der Waals surface area contributed by atoms with E-state index in [2.05, 4.69) is 5.32 Å². The summed E-state index contributed by atoms with van der Waals surface area (Å²) in [7, 11) is 0. The Hall–Kier alpha value is -2.64. The number of hydrogen-bond donors (Lipinski definition) is 3. The van der Waals surface area contributed by atoms with Crippen LogP contribution in [0.5, 0.6) is 0 Å². The molecule has 1 unspecified atom stereocenters. The zero-order chi connectivity index (χ0) is 15.4. The molecule has 0 aliphatic rings. The number of nitro benzene ring substituents is 1. The maximum atomic E-state index is 11.3. The highest BCUT2D eigenvalue weighted by molar-refractivity contribution is 5.94. The van der Waals surface area contributed by atoms with Crippen molar-refractivity contribution in [1.82, 2.24) is 0 Å². The van der Waals surface area contributed by atoms with Gasteiger partial charge in [-0.25, -0.2) is 4.79 Å². The number of hydrogen-bond acceptors (Lipinski definition) is 5. The van der Waals surface area contributed by atoms with Crippen LogP contribution in [0.3, 0.4) is 0 Å².